The molecule has 2 bridgehead atoms. The minimum Gasteiger partial charge on any atom is -0.395 e. The molecule has 12 heteroatoms. The van der Waals surface area contributed by atoms with Gasteiger partial charge in [0.15, 0.2) is 0 Å². The van der Waals surface area contributed by atoms with Gasteiger partial charge in [0.2, 0.25) is 11.9 Å². The number of nitrogens with zero attached hydrogens (tertiary/aromatic N) is 4. The first-order valence-electron chi connectivity index (χ1n) is 9.79. The van der Waals surface area contributed by atoms with Crippen LogP contribution in [0.1, 0.15) is 12.0 Å². The minimum atomic E-state index is -4.67. The molecule has 0 spiro atoms. The van der Waals surface area contributed by atoms with Crippen molar-refractivity contribution in [3.8, 4) is 0 Å². The summed E-state index contributed by atoms with van der Waals surface area (Å²) in [6.07, 6.45) is 3.69. The number of aryl methyl sites for hydroxylation is 1. The minimum absolute atomic E-state index is 0.0246. The molecule has 0 aliphatic heterocycles. The van der Waals surface area contributed by atoms with Crippen molar-refractivity contribution in [3.05, 3.63) is 36.3 Å². The van der Waals surface area contributed by atoms with Crippen molar-refractivity contribution in [2.45, 2.75) is 18.6 Å². The molecule has 0 saturated heterocycles. The Morgan fingerprint density at radius 2 is 2.06 bits per heavy atom. The van der Waals surface area contributed by atoms with E-state index in [1.165, 1.54) is 10.9 Å². The van der Waals surface area contributed by atoms with E-state index in [2.05, 4.69) is 31.0 Å². The first-order chi connectivity index (χ1) is 14.8. The Labute approximate surface area is 175 Å². The number of nitrogens with one attached hydrogen (secondary N) is 3. The molecule has 0 unspecified atom stereocenters. The van der Waals surface area contributed by atoms with E-state index < -0.39 is 23.7 Å². The van der Waals surface area contributed by atoms with Gasteiger partial charge in [-0.15, -0.1) is 0 Å². The molecule has 1 saturated carbocycles. The third-order valence-electron chi connectivity index (χ3n) is 5.53. The van der Waals surface area contributed by atoms with Crippen molar-refractivity contribution in [2.24, 2.45) is 24.8 Å². The molecule has 2 aromatic rings. The van der Waals surface area contributed by atoms with E-state index in [1.54, 1.807) is 13.2 Å². The number of allylic oxidation sites excluding steroid dienone is 1. The van der Waals surface area contributed by atoms with Crippen molar-refractivity contribution in [1.29, 1.82) is 0 Å². The van der Waals surface area contributed by atoms with E-state index in [0.717, 1.165) is 6.20 Å². The van der Waals surface area contributed by atoms with Gasteiger partial charge in [0.25, 0.3) is 0 Å². The number of rotatable bonds is 7. The molecule has 1 amide bonds. The Bertz CT molecular complexity index is 991. The Balaban J connectivity index is 1.62. The lowest BCUT2D eigenvalue weighted by molar-refractivity contribution is -0.137. The smallest absolute Gasteiger partial charge is 0.395 e. The van der Waals surface area contributed by atoms with Crippen molar-refractivity contribution in [2.75, 3.05) is 23.8 Å². The summed E-state index contributed by atoms with van der Waals surface area (Å²) < 4.78 is 42.4. The number of hydrogen-bond acceptors (Lipinski definition) is 7. The lowest BCUT2D eigenvalue weighted by Gasteiger charge is -2.29. The van der Waals surface area contributed by atoms with Gasteiger partial charge in [-0.05, 0) is 18.3 Å². The van der Waals surface area contributed by atoms with E-state index in [-0.39, 0.29) is 42.7 Å². The van der Waals surface area contributed by atoms with Gasteiger partial charge < -0.3 is 21.1 Å². The summed E-state index contributed by atoms with van der Waals surface area (Å²) in [6.45, 7) is -0.127. The second-order valence-corrected chi connectivity index (χ2v) is 7.64. The molecule has 4 atom stereocenters. The van der Waals surface area contributed by atoms with Crippen LogP contribution in [0.15, 0.2) is 30.7 Å². The zero-order valence-corrected chi connectivity index (χ0v) is 16.6. The van der Waals surface area contributed by atoms with Crippen LogP contribution < -0.4 is 16.0 Å². The number of carbonyl (C=O) groups excluding carboxylic acids is 1. The molecule has 2 heterocycles. The number of amides is 1. The molecule has 2 aromatic heterocycles. The molecule has 1 fully saturated rings. The highest BCUT2D eigenvalue weighted by Crippen LogP contribution is 2.46. The fourth-order valence-electron chi connectivity index (χ4n) is 4.21. The molecular formula is C19H22F3N7O2. The van der Waals surface area contributed by atoms with Gasteiger partial charge in [-0.1, -0.05) is 12.2 Å². The second-order valence-electron chi connectivity index (χ2n) is 7.64. The Hall–Kier alpha value is -3.15. The molecule has 2 aliphatic rings. The molecular weight excluding hydrogens is 415 g/mol. The van der Waals surface area contributed by atoms with Crippen LogP contribution >= 0.6 is 0 Å². The van der Waals surface area contributed by atoms with Crippen LogP contribution in [-0.2, 0) is 18.0 Å². The number of alkyl halides is 3. The Morgan fingerprint density at radius 3 is 2.74 bits per heavy atom. The van der Waals surface area contributed by atoms with Gasteiger partial charge in [-0.3, -0.25) is 9.48 Å². The fraction of sp³-hybridized carbons (Fsp3) is 0.474. The molecule has 0 aromatic carbocycles. The first kappa shape index (κ1) is 21.1. The van der Waals surface area contributed by atoms with Crippen molar-refractivity contribution in [3.63, 3.8) is 0 Å². The number of aliphatic hydroxyl groups is 1. The highest BCUT2D eigenvalue weighted by molar-refractivity contribution is 5.81. The summed E-state index contributed by atoms with van der Waals surface area (Å²) in [4.78, 5) is 20.5. The van der Waals surface area contributed by atoms with E-state index >= 15 is 0 Å². The predicted octanol–water partition coefficient (Wildman–Crippen LogP) is 1.68. The predicted molar refractivity (Wildman–Crippen MR) is 105 cm³/mol. The van der Waals surface area contributed by atoms with Crippen LogP contribution in [0.4, 0.5) is 30.6 Å². The molecule has 2 aliphatic carbocycles. The van der Waals surface area contributed by atoms with Gasteiger partial charge in [0, 0.05) is 32.0 Å². The lowest BCUT2D eigenvalue weighted by Crippen LogP contribution is -2.44. The maximum Gasteiger partial charge on any atom is 0.421 e. The molecule has 9 nitrogen and oxygen atoms in total. The topological polar surface area (TPSA) is 117 Å². The van der Waals surface area contributed by atoms with Gasteiger partial charge in [0.05, 0.1) is 24.4 Å². The van der Waals surface area contributed by atoms with Crippen LogP contribution in [0.2, 0.25) is 0 Å². The number of anilines is 3. The fourth-order valence-corrected chi connectivity index (χ4v) is 4.21. The summed E-state index contributed by atoms with van der Waals surface area (Å²) in [5.74, 6) is -1.46. The second kappa shape index (κ2) is 8.17. The largest absolute Gasteiger partial charge is 0.421 e. The van der Waals surface area contributed by atoms with Crippen molar-refractivity contribution in [1.82, 2.24) is 25.1 Å². The highest BCUT2D eigenvalue weighted by Gasteiger charge is 2.49. The normalized spacial score (nSPS) is 24.4. The number of fused-ring (bicyclic) bond motifs is 2. The Morgan fingerprint density at radius 1 is 1.29 bits per heavy atom. The summed E-state index contributed by atoms with van der Waals surface area (Å²) >= 11 is 0. The average molecular weight is 437 g/mol. The van der Waals surface area contributed by atoms with E-state index in [4.69, 9.17) is 5.11 Å². The summed E-state index contributed by atoms with van der Waals surface area (Å²) in [7, 11) is 1.70. The average Bonchev–Trinajstić information content (AvgIpc) is 3.42. The van der Waals surface area contributed by atoms with Gasteiger partial charge in [-0.2, -0.15) is 23.3 Å². The van der Waals surface area contributed by atoms with Crippen LogP contribution in [0, 0.1) is 17.8 Å². The van der Waals surface area contributed by atoms with Gasteiger partial charge >= 0.3 is 6.18 Å². The third kappa shape index (κ3) is 4.33. The maximum absolute atomic E-state index is 13.6. The Kier molecular flexibility index (Phi) is 5.56. The van der Waals surface area contributed by atoms with E-state index in [0.29, 0.717) is 12.1 Å². The zero-order valence-electron chi connectivity index (χ0n) is 16.6. The van der Waals surface area contributed by atoms with Crippen molar-refractivity contribution >= 4 is 23.4 Å². The van der Waals surface area contributed by atoms with Crippen LogP contribution in [0.5, 0.6) is 0 Å². The molecule has 4 rings (SSSR count). The lowest BCUT2D eigenvalue weighted by atomic mass is 9.88. The summed E-state index contributed by atoms with van der Waals surface area (Å²) in [6, 6.07) is -0.559. The van der Waals surface area contributed by atoms with Crippen LogP contribution in [0.3, 0.4) is 0 Å². The van der Waals surface area contributed by atoms with Crippen molar-refractivity contribution < 1.29 is 23.1 Å². The van der Waals surface area contributed by atoms with E-state index in [1.807, 2.05) is 12.2 Å². The maximum atomic E-state index is 13.6. The summed E-state index contributed by atoms with van der Waals surface area (Å²) in [5.41, 5.74) is -0.483. The van der Waals surface area contributed by atoms with Gasteiger partial charge in [-0.25, -0.2) is 4.98 Å². The van der Waals surface area contributed by atoms with Crippen LogP contribution in [0.25, 0.3) is 0 Å². The molecule has 4 N–H and O–H groups in total. The highest BCUT2D eigenvalue weighted by atomic mass is 19.4. The monoisotopic (exact) mass is 437 g/mol. The van der Waals surface area contributed by atoms with Gasteiger partial charge in [0.1, 0.15) is 11.4 Å². The molecule has 0 radical (unpaired) electrons. The SMILES string of the molecule is Cn1cc(Nc2ncc(C(F)(F)F)c(N[C@@H]3[C@H](C(=O)NCCO)[C@H]4C=C[C@@H]3C4)n2)cn1. The quantitative estimate of drug-likeness (QED) is 0.487. The number of halogens is 3. The number of aliphatic hydroxyl groups excluding tert-OH is 1. The molecule has 31 heavy (non-hydrogen) atoms. The van der Waals surface area contributed by atoms with Crippen LogP contribution in [-0.4, -0.2) is 50.0 Å². The zero-order chi connectivity index (χ0) is 22.2. The third-order valence-corrected chi connectivity index (χ3v) is 5.53. The summed E-state index contributed by atoms with van der Waals surface area (Å²) in [5, 5.41) is 21.3. The van der Waals surface area contributed by atoms with E-state index in [9.17, 15) is 18.0 Å². The standard InChI is InChI=1S/C19H22F3N7O2/c1-29-9-12(7-25-29)26-18-24-8-13(19(20,21)22)16(28-18)27-15-11-3-2-10(6-11)14(15)17(31)23-4-5-30/h2-3,7-11,14-15,30H,4-6H2,1H3,(H,23,31)(H2,24,26,27,28)/t10-,11+,14+,15-/m0/s1. The number of carbonyl (C=O) groups is 1. The number of aromatic nitrogens is 4. The number of hydrogen-bond donors (Lipinski definition) is 4. The molecule has 166 valence electrons. The first-order valence-corrected chi connectivity index (χ1v) is 9.79.